The van der Waals surface area contributed by atoms with Crippen molar-refractivity contribution in [2.45, 2.75) is 44.1 Å². The first-order valence-electron chi connectivity index (χ1n) is 7.02. The second kappa shape index (κ2) is 7.15. The number of hydrogen-bond acceptors (Lipinski definition) is 4. The van der Waals surface area contributed by atoms with E-state index in [1.807, 2.05) is 44.4 Å². The molecule has 0 bridgehead atoms. The predicted molar refractivity (Wildman–Crippen MR) is 90.5 cm³/mol. The van der Waals surface area contributed by atoms with Gasteiger partial charge in [0.2, 0.25) is 5.91 Å². The summed E-state index contributed by atoms with van der Waals surface area (Å²) in [6.07, 6.45) is 1.68. The summed E-state index contributed by atoms with van der Waals surface area (Å²) in [6.45, 7) is 7.82. The third-order valence-electron chi connectivity index (χ3n) is 3.27. The molecule has 0 unspecified atom stereocenters. The summed E-state index contributed by atoms with van der Waals surface area (Å²) < 4.78 is 1.94. The Morgan fingerprint density at radius 3 is 2.77 bits per heavy atom. The van der Waals surface area contributed by atoms with E-state index in [4.69, 9.17) is 11.6 Å². The number of nitrogens with zero attached hydrogens (tertiary/aromatic N) is 3. The van der Waals surface area contributed by atoms with E-state index in [1.54, 1.807) is 12.4 Å². The Morgan fingerprint density at radius 2 is 2.09 bits per heavy atom. The van der Waals surface area contributed by atoms with Crippen LogP contribution in [0.4, 0.5) is 5.69 Å². The number of halogens is 1. The highest BCUT2D eigenvalue weighted by Crippen LogP contribution is 2.26. The minimum atomic E-state index is -0.292. The Hall–Kier alpha value is -1.53. The lowest BCUT2D eigenvalue weighted by atomic mass is 10.2. The third kappa shape index (κ3) is 3.81. The largest absolute Gasteiger partial charge is 0.325 e. The Labute approximate surface area is 139 Å². The van der Waals surface area contributed by atoms with Crippen LogP contribution >= 0.6 is 23.4 Å². The summed E-state index contributed by atoms with van der Waals surface area (Å²) in [5.74, 6) is -0.0892. The van der Waals surface area contributed by atoms with Crippen molar-refractivity contribution in [2.75, 3.05) is 5.32 Å². The monoisotopic (exact) mass is 338 g/mol. The average Bonchev–Trinajstić information content (AvgIpc) is 2.92. The zero-order valence-corrected chi connectivity index (χ0v) is 14.6. The molecule has 0 saturated carbocycles. The molecule has 7 heteroatoms. The molecule has 0 aliphatic carbocycles. The maximum atomic E-state index is 12.4. The van der Waals surface area contributed by atoms with Gasteiger partial charge in [0.05, 0.1) is 5.25 Å². The highest BCUT2D eigenvalue weighted by molar-refractivity contribution is 8.00. The van der Waals surface area contributed by atoms with Gasteiger partial charge in [0.15, 0.2) is 5.16 Å². The molecule has 1 atom stereocenters. The summed E-state index contributed by atoms with van der Waals surface area (Å²) >= 11 is 7.46. The summed E-state index contributed by atoms with van der Waals surface area (Å²) in [4.78, 5) is 12.4. The summed E-state index contributed by atoms with van der Waals surface area (Å²) in [5, 5.41) is 12.0. The number of benzene rings is 1. The van der Waals surface area contributed by atoms with Crippen LogP contribution in [0.5, 0.6) is 0 Å². The first-order valence-corrected chi connectivity index (χ1v) is 8.28. The third-order valence-corrected chi connectivity index (χ3v) is 4.75. The summed E-state index contributed by atoms with van der Waals surface area (Å²) in [5.41, 5.74) is 1.59. The molecule has 1 aromatic heterocycles. The number of rotatable bonds is 5. The molecule has 0 aliphatic rings. The molecule has 118 valence electrons. The average molecular weight is 339 g/mol. The van der Waals surface area contributed by atoms with Crippen molar-refractivity contribution in [3.05, 3.63) is 35.1 Å². The van der Waals surface area contributed by atoms with Crippen molar-refractivity contribution in [1.82, 2.24) is 14.8 Å². The lowest BCUT2D eigenvalue weighted by molar-refractivity contribution is -0.115. The van der Waals surface area contributed by atoms with Crippen LogP contribution in [0.15, 0.2) is 29.7 Å². The first-order chi connectivity index (χ1) is 10.4. The van der Waals surface area contributed by atoms with Crippen LogP contribution in [0.3, 0.4) is 0 Å². The van der Waals surface area contributed by atoms with Gasteiger partial charge in [-0.15, -0.1) is 10.2 Å². The molecule has 0 aliphatic heterocycles. The van der Waals surface area contributed by atoms with Crippen LogP contribution in [-0.4, -0.2) is 25.9 Å². The number of carbonyl (C=O) groups excluding carboxylic acids is 1. The molecule has 0 spiro atoms. The maximum absolute atomic E-state index is 12.4. The van der Waals surface area contributed by atoms with Gasteiger partial charge in [-0.05, 0) is 45.4 Å². The van der Waals surface area contributed by atoms with Gasteiger partial charge in [-0.25, -0.2) is 0 Å². The SMILES string of the molecule is Cc1c(Cl)cccc1NC(=O)[C@@H](C)Sc1nncn1C(C)C. The minimum Gasteiger partial charge on any atom is -0.325 e. The van der Waals surface area contributed by atoms with Crippen molar-refractivity contribution in [3.8, 4) is 0 Å². The molecule has 0 fully saturated rings. The summed E-state index contributed by atoms with van der Waals surface area (Å²) in [7, 11) is 0. The van der Waals surface area contributed by atoms with E-state index >= 15 is 0 Å². The van der Waals surface area contributed by atoms with E-state index < -0.39 is 0 Å². The zero-order chi connectivity index (χ0) is 16.3. The van der Waals surface area contributed by atoms with E-state index in [0.717, 1.165) is 16.4 Å². The number of nitrogens with one attached hydrogen (secondary N) is 1. The number of thioether (sulfide) groups is 1. The van der Waals surface area contributed by atoms with Gasteiger partial charge < -0.3 is 9.88 Å². The number of amides is 1. The van der Waals surface area contributed by atoms with Gasteiger partial charge >= 0.3 is 0 Å². The van der Waals surface area contributed by atoms with Crippen LogP contribution in [0.2, 0.25) is 5.02 Å². The van der Waals surface area contributed by atoms with Crippen molar-refractivity contribution in [3.63, 3.8) is 0 Å². The number of aromatic nitrogens is 3. The molecular formula is C15H19ClN4OS. The number of hydrogen-bond donors (Lipinski definition) is 1. The zero-order valence-electron chi connectivity index (χ0n) is 13.0. The van der Waals surface area contributed by atoms with Crippen molar-refractivity contribution in [1.29, 1.82) is 0 Å². The highest BCUT2D eigenvalue weighted by Gasteiger charge is 2.19. The van der Waals surface area contributed by atoms with E-state index in [0.29, 0.717) is 5.02 Å². The van der Waals surface area contributed by atoms with Gasteiger partial charge in [0.1, 0.15) is 6.33 Å². The molecule has 2 rings (SSSR count). The molecular weight excluding hydrogens is 320 g/mol. The number of carbonyl (C=O) groups is 1. The fraction of sp³-hybridized carbons (Fsp3) is 0.400. The van der Waals surface area contributed by atoms with Crippen LogP contribution < -0.4 is 5.32 Å². The molecule has 1 amide bonds. The van der Waals surface area contributed by atoms with Gasteiger partial charge in [0, 0.05) is 16.8 Å². The highest BCUT2D eigenvalue weighted by atomic mass is 35.5. The van der Waals surface area contributed by atoms with Gasteiger partial charge in [0.25, 0.3) is 0 Å². The van der Waals surface area contributed by atoms with Crippen molar-refractivity contribution < 1.29 is 4.79 Å². The Kier molecular flexibility index (Phi) is 5.47. The lowest BCUT2D eigenvalue weighted by Gasteiger charge is -2.15. The first kappa shape index (κ1) is 16.8. The molecule has 1 aromatic carbocycles. The topological polar surface area (TPSA) is 59.8 Å². The molecule has 1 heterocycles. The van der Waals surface area contributed by atoms with Crippen LogP contribution in [0.1, 0.15) is 32.4 Å². The summed E-state index contributed by atoms with van der Waals surface area (Å²) in [6, 6.07) is 5.71. The van der Waals surface area contributed by atoms with Crippen molar-refractivity contribution >= 4 is 35.0 Å². The smallest absolute Gasteiger partial charge is 0.237 e. The van der Waals surface area contributed by atoms with E-state index in [-0.39, 0.29) is 17.2 Å². The Morgan fingerprint density at radius 1 is 1.36 bits per heavy atom. The fourth-order valence-corrected chi connectivity index (χ4v) is 2.99. The Balaban J connectivity index is 2.06. The second-order valence-corrected chi connectivity index (χ2v) is 6.99. The van der Waals surface area contributed by atoms with Gasteiger partial charge in [-0.1, -0.05) is 29.4 Å². The molecule has 5 nitrogen and oxygen atoms in total. The van der Waals surface area contributed by atoms with Crippen LogP contribution in [0, 0.1) is 6.92 Å². The van der Waals surface area contributed by atoms with E-state index in [2.05, 4.69) is 15.5 Å². The second-order valence-electron chi connectivity index (χ2n) is 5.28. The van der Waals surface area contributed by atoms with Crippen LogP contribution in [0.25, 0.3) is 0 Å². The van der Waals surface area contributed by atoms with Crippen LogP contribution in [-0.2, 0) is 4.79 Å². The number of anilines is 1. The molecule has 1 N–H and O–H groups in total. The van der Waals surface area contributed by atoms with Crippen molar-refractivity contribution in [2.24, 2.45) is 0 Å². The van der Waals surface area contributed by atoms with E-state index in [1.165, 1.54) is 11.8 Å². The van der Waals surface area contributed by atoms with Gasteiger partial charge in [-0.3, -0.25) is 4.79 Å². The quantitative estimate of drug-likeness (QED) is 0.839. The molecule has 2 aromatic rings. The Bertz CT molecular complexity index is 671. The lowest BCUT2D eigenvalue weighted by Crippen LogP contribution is -2.23. The van der Waals surface area contributed by atoms with Gasteiger partial charge in [-0.2, -0.15) is 0 Å². The van der Waals surface area contributed by atoms with E-state index in [9.17, 15) is 4.79 Å². The predicted octanol–water partition coefficient (Wildman–Crippen LogP) is 3.94. The molecule has 0 saturated heterocycles. The normalized spacial score (nSPS) is 12.5. The fourth-order valence-electron chi connectivity index (χ4n) is 1.86. The standard InChI is InChI=1S/C15H19ClN4OS/c1-9(2)20-8-17-19-15(20)22-11(4)14(21)18-13-7-5-6-12(16)10(13)3/h5-9,11H,1-4H3,(H,18,21)/t11-/m1/s1. The minimum absolute atomic E-state index is 0.0892. The molecule has 22 heavy (non-hydrogen) atoms. The molecule has 0 radical (unpaired) electrons. The maximum Gasteiger partial charge on any atom is 0.237 e.